The quantitative estimate of drug-likeness (QED) is 0.726. The molecule has 0 saturated carbocycles. The molecule has 1 heterocycles. The molecule has 1 rings (SSSR count). The van der Waals surface area contributed by atoms with Gasteiger partial charge in [-0.15, -0.1) is 0 Å². The first-order chi connectivity index (χ1) is 6.91. The molecule has 0 aliphatic carbocycles. The lowest BCUT2D eigenvalue weighted by Gasteiger charge is -2.34. The van der Waals surface area contributed by atoms with Gasteiger partial charge in [0.2, 0.25) is 0 Å². The van der Waals surface area contributed by atoms with Crippen molar-refractivity contribution in [3.05, 3.63) is 0 Å². The maximum atomic E-state index is 11.3. The van der Waals surface area contributed by atoms with E-state index < -0.39 is 5.60 Å². The van der Waals surface area contributed by atoms with Crippen LogP contribution in [0.2, 0.25) is 0 Å². The average Bonchev–Trinajstić information content (AvgIpc) is 2.06. The van der Waals surface area contributed by atoms with E-state index in [1.165, 1.54) is 0 Å². The molecule has 1 saturated heterocycles. The molecular weight excluding hydrogens is 196 g/mol. The van der Waals surface area contributed by atoms with Crippen molar-refractivity contribution >= 4 is 6.09 Å². The van der Waals surface area contributed by atoms with Crippen LogP contribution in [0.1, 0.15) is 13.3 Å². The Bertz CT molecular complexity index is 229. The van der Waals surface area contributed by atoms with Crippen molar-refractivity contribution in [1.82, 2.24) is 9.80 Å². The second-order valence-corrected chi connectivity index (χ2v) is 4.62. The Morgan fingerprint density at radius 2 is 2.27 bits per heavy atom. The monoisotopic (exact) mass is 216 g/mol. The Morgan fingerprint density at radius 1 is 1.60 bits per heavy atom. The molecule has 1 fully saturated rings. The van der Waals surface area contributed by atoms with E-state index in [1.54, 1.807) is 11.8 Å². The van der Waals surface area contributed by atoms with Crippen LogP contribution in [0.15, 0.2) is 0 Å². The fourth-order valence-electron chi connectivity index (χ4n) is 1.88. The third kappa shape index (κ3) is 4.05. The fourth-order valence-corrected chi connectivity index (χ4v) is 1.88. The zero-order valence-corrected chi connectivity index (χ0v) is 9.69. The van der Waals surface area contributed by atoms with Gasteiger partial charge in [0, 0.05) is 13.1 Å². The van der Waals surface area contributed by atoms with Gasteiger partial charge in [0.1, 0.15) is 0 Å². The van der Waals surface area contributed by atoms with Gasteiger partial charge in [0.25, 0.3) is 0 Å². The highest BCUT2D eigenvalue weighted by molar-refractivity contribution is 5.68. The Labute approximate surface area is 90.6 Å². The molecule has 0 radical (unpaired) electrons. The van der Waals surface area contributed by atoms with Gasteiger partial charge in [-0.1, -0.05) is 0 Å². The number of aliphatic hydroxyl groups is 1. The molecule has 0 aromatic heterocycles. The van der Waals surface area contributed by atoms with E-state index in [2.05, 4.69) is 0 Å². The van der Waals surface area contributed by atoms with E-state index in [0.717, 1.165) is 6.42 Å². The summed E-state index contributed by atoms with van der Waals surface area (Å²) in [6.07, 6.45) is 0.518. The molecule has 1 aliphatic heterocycles. The van der Waals surface area contributed by atoms with E-state index in [0.29, 0.717) is 26.2 Å². The van der Waals surface area contributed by atoms with Gasteiger partial charge in [-0.2, -0.15) is 0 Å². The number of rotatable bonds is 4. The molecule has 0 aromatic rings. The number of ether oxygens (including phenoxy) is 1. The predicted molar refractivity (Wildman–Crippen MR) is 56.7 cm³/mol. The Balaban J connectivity index is 2.47. The summed E-state index contributed by atoms with van der Waals surface area (Å²) < 4.78 is 4.90. The number of carbonyl (C=O) groups is 1. The van der Waals surface area contributed by atoms with Crippen molar-refractivity contribution in [2.75, 3.05) is 40.3 Å². The number of nitrogens with zero attached hydrogens (tertiary/aromatic N) is 2. The lowest BCUT2D eigenvalue weighted by Crippen LogP contribution is -2.51. The lowest BCUT2D eigenvalue weighted by molar-refractivity contribution is -0.0122. The molecular formula is C10H20N2O3. The lowest BCUT2D eigenvalue weighted by atomic mass is 10.1. The minimum Gasteiger partial charge on any atom is -0.449 e. The SMILES string of the molecule is CN(C)CC(C)(O)CN1CCCOC1=O. The summed E-state index contributed by atoms with van der Waals surface area (Å²) in [5.41, 5.74) is -0.889. The van der Waals surface area contributed by atoms with Gasteiger partial charge in [-0.3, -0.25) is 0 Å². The van der Waals surface area contributed by atoms with Gasteiger partial charge in [-0.05, 0) is 27.4 Å². The zero-order valence-electron chi connectivity index (χ0n) is 9.69. The Kier molecular flexibility index (Phi) is 3.93. The number of amides is 1. The van der Waals surface area contributed by atoms with Crippen molar-refractivity contribution in [2.24, 2.45) is 0 Å². The van der Waals surface area contributed by atoms with E-state index in [1.807, 2.05) is 19.0 Å². The van der Waals surface area contributed by atoms with Crippen LogP contribution in [0.4, 0.5) is 4.79 Å². The maximum absolute atomic E-state index is 11.3. The van der Waals surface area contributed by atoms with E-state index in [-0.39, 0.29) is 6.09 Å². The largest absolute Gasteiger partial charge is 0.449 e. The second kappa shape index (κ2) is 4.81. The minimum absolute atomic E-state index is 0.319. The molecule has 0 spiro atoms. The highest BCUT2D eigenvalue weighted by atomic mass is 16.6. The Morgan fingerprint density at radius 3 is 2.80 bits per heavy atom. The summed E-state index contributed by atoms with van der Waals surface area (Å²) in [7, 11) is 3.78. The standard InChI is InChI=1S/C10H20N2O3/c1-10(14,7-11(2)3)8-12-5-4-6-15-9(12)13/h14H,4-8H2,1-3H3. The van der Waals surface area contributed by atoms with Crippen molar-refractivity contribution < 1.29 is 14.6 Å². The third-order valence-corrected chi connectivity index (χ3v) is 2.24. The Hall–Kier alpha value is -0.810. The summed E-state index contributed by atoms with van der Waals surface area (Å²) >= 11 is 0. The smallest absolute Gasteiger partial charge is 0.409 e. The van der Waals surface area contributed by atoms with Crippen molar-refractivity contribution in [1.29, 1.82) is 0 Å². The minimum atomic E-state index is -0.889. The van der Waals surface area contributed by atoms with Crippen LogP contribution in [0.25, 0.3) is 0 Å². The van der Waals surface area contributed by atoms with Gasteiger partial charge < -0.3 is 19.6 Å². The molecule has 0 aromatic carbocycles. The van der Waals surface area contributed by atoms with Crippen LogP contribution in [-0.4, -0.2) is 66.9 Å². The van der Waals surface area contributed by atoms with Gasteiger partial charge >= 0.3 is 6.09 Å². The molecule has 1 aliphatic rings. The second-order valence-electron chi connectivity index (χ2n) is 4.62. The summed E-state index contributed by atoms with van der Waals surface area (Å²) in [6, 6.07) is 0. The average molecular weight is 216 g/mol. The molecule has 0 bridgehead atoms. The summed E-state index contributed by atoms with van der Waals surface area (Å²) in [5.74, 6) is 0. The third-order valence-electron chi connectivity index (χ3n) is 2.24. The number of carbonyl (C=O) groups excluding carboxylic acids is 1. The first-order valence-corrected chi connectivity index (χ1v) is 5.19. The highest BCUT2D eigenvalue weighted by Crippen LogP contribution is 2.12. The van der Waals surface area contributed by atoms with E-state index in [9.17, 15) is 9.90 Å². The zero-order chi connectivity index (χ0) is 11.5. The van der Waals surface area contributed by atoms with Crippen molar-refractivity contribution in [2.45, 2.75) is 18.9 Å². The molecule has 88 valence electrons. The summed E-state index contributed by atoms with van der Waals surface area (Å²) in [5, 5.41) is 10.1. The molecule has 5 heteroatoms. The molecule has 15 heavy (non-hydrogen) atoms. The van der Waals surface area contributed by atoms with E-state index >= 15 is 0 Å². The van der Waals surface area contributed by atoms with Crippen molar-refractivity contribution in [3.8, 4) is 0 Å². The number of hydrogen-bond acceptors (Lipinski definition) is 4. The molecule has 1 unspecified atom stereocenters. The van der Waals surface area contributed by atoms with Crippen LogP contribution < -0.4 is 0 Å². The first kappa shape index (κ1) is 12.3. The molecule has 1 amide bonds. The number of β-amino-alcohol motifs (C(OH)–C–C–N with tert-alkyl or cyclic N) is 1. The van der Waals surface area contributed by atoms with Gasteiger partial charge in [0.15, 0.2) is 0 Å². The van der Waals surface area contributed by atoms with Crippen LogP contribution >= 0.6 is 0 Å². The first-order valence-electron chi connectivity index (χ1n) is 5.19. The number of hydrogen-bond donors (Lipinski definition) is 1. The molecule has 5 nitrogen and oxygen atoms in total. The van der Waals surface area contributed by atoms with Gasteiger partial charge in [-0.25, -0.2) is 4.79 Å². The summed E-state index contributed by atoms with van der Waals surface area (Å²) in [6.45, 7) is 3.74. The van der Waals surface area contributed by atoms with Crippen LogP contribution in [0, 0.1) is 0 Å². The van der Waals surface area contributed by atoms with Crippen LogP contribution in [0.5, 0.6) is 0 Å². The van der Waals surface area contributed by atoms with Crippen LogP contribution in [-0.2, 0) is 4.74 Å². The fraction of sp³-hybridized carbons (Fsp3) is 0.900. The normalized spacial score (nSPS) is 21.4. The van der Waals surface area contributed by atoms with Crippen LogP contribution in [0.3, 0.4) is 0 Å². The maximum Gasteiger partial charge on any atom is 0.409 e. The molecule has 1 atom stereocenters. The van der Waals surface area contributed by atoms with Crippen molar-refractivity contribution in [3.63, 3.8) is 0 Å². The number of cyclic esters (lactones) is 1. The van der Waals surface area contributed by atoms with E-state index in [4.69, 9.17) is 4.74 Å². The highest BCUT2D eigenvalue weighted by Gasteiger charge is 2.29. The topological polar surface area (TPSA) is 53.0 Å². The predicted octanol–water partition coefficient (Wildman–Crippen LogP) is 0.141. The number of likely N-dealkylation sites (N-methyl/N-ethyl adjacent to an activating group) is 1. The van der Waals surface area contributed by atoms with Gasteiger partial charge in [0.05, 0.1) is 18.8 Å². The summed E-state index contributed by atoms with van der Waals surface area (Å²) in [4.78, 5) is 14.8. The molecule has 1 N–H and O–H groups in total.